The van der Waals surface area contributed by atoms with Gasteiger partial charge in [0.2, 0.25) is 0 Å². The Kier molecular flexibility index (Phi) is 3.47. The van der Waals surface area contributed by atoms with Gasteiger partial charge in [-0.15, -0.1) is 0 Å². The van der Waals surface area contributed by atoms with Crippen molar-refractivity contribution >= 4 is 16.9 Å². The summed E-state index contributed by atoms with van der Waals surface area (Å²) in [5.74, 6) is -0.615. The van der Waals surface area contributed by atoms with Gasteiger partial charge in [0.1, 0.15) is 6.61 Å². The molecule has 2 aliphatic rings. The van der Waals surface area contributed by atoms with Gasteiger partial charge in [-0.3, -0.25) is 9.59 Å². The molecule has 1 aromatic carbocycles. The summed E-state index contributed by atoms with van der Waals surface area (Å²) in [6.07, 6.45) is 1.50. The van der Waals surface area contributed by atoms with Crippen LogP contribution < -0.4 is 5.56 Å². The van der Waals surface area contributed by atoms with E-state index in [4.69, 9.17) is 9.72 Å². The van der Waals surface area contributed by atoms with Gasteiger partial charge >= 0.3 is 5.97 Å². The highest BCUT2D eigenvalue weighted by molar-refractivity contribution is 5.88. The number of aryl methyl sites for hydroxylation is 1. The minimum absolute atomic E-state index is 0.0578. The molecule has 5 rings (SSSR count). The molecule has 27 heavy (non-hydrogen) atoms. The number of aromatic nitrogens is 2. The lowest BCUT2D eigenvalue weighted by atomic mass is 9.90. The topological polar surface area (TPSA) is 61.2 Å². The third kappa shape index (κ3) is 2.14. The van der Waals surface area contributed by atoms with Gasteiger partial charge in [0.05, 0.1) is 34.9 Å². The van der Waals surface area contributed by atoms with Crippen LogP contribution >= 0.6 is 0 Å². The van der Waals surface area contributed by atoms with Crippen molar-refractivity contribution in [3.8, 4) is 11.4 Å². The predicted octanol–water partition coefficient (Wildman–Crippen LogP) is 3.54. The molecule has 3 aromatic rings. The van der Waals surface area contributed by atoms with Crippen molar-refractivity contribution in [3.05, 3.63) is 62.9 Å². The molecule has 4 heterocycles. The van der Waals surface area contributed by atoms with Crippen molar-refractivity contribution in [1.29, 1.82) is 0 Å². The molecular formula is C22H20N2O3. The van der Waals surface area contributed by atoms with E-state index in [9.17, 15) is 9.59 Å². The maximum Gasteiger partial charge on any atom is 0.313 e. The summed E-state index contributed by atoms with van der Waals surface area (Å²) >= 11 is 0. The zero-order valence-corrected chi connectivity index (χ0v) is 15.4. The molecule has 0 saturated heterocycles. The summed E-state index contributed by atoms with van der Waals surface area (Å²) in [5, 5.41) is 1.15. The number of para-hydroxylation sites is 1. The Morgan fingerprint density at radius 2 is 2.00 bits per heavy atom. The molecule has 2 aromatic heterocycles. The molecule has 0 spiro atoms. The monoisotopic (exact) mass is 360 g/mol. The largest absolute Gasteiger partial charge is 0.460 e. The molecule has 0 amide bonds. The normalized spacial score (nSPS) is 17.4. The summed E-state index contributed by atoms with van der Waals surface area (Å²) in [7, 11) is 0. The Hall–Kier alpha value is -2.95. The van der Waals surface area contributed by atoms with Crippen LogP contribution in [-0.2, 0) is 29.1 Å². The number of nitrogens with zero attached hydrogens (tertiary/aromatic N) is 2. The van der Waals surface area contributed by atoms with Gasteiger partial charge in [-0.25, -0.2) is 4.98 Å². The van der Waals surface area contributed by atoms with Crippen LogP contribution in [-0.4, -0.2) is 15.5 Å². The first kappa shape index (κ1) is 16.2. The maximum absolute atomic E-state index is 13.2. The maximum atomic E-state index is 13.2. The van der Waals surface area contributed by atoms with Crippen LogP contribution in [0, 0.1) is 0 Å². The number of esters is 1. The van der Waals surface area contributed by atoms with Crippen LogP contribution in [0.1, 0.15) is 48.4 Å². The van der Waals surface area contributed by atoms with Crippen molar-refractivity contribution < 1.29 is 9.53 Å². The van der Waals surface area contributed by atoms with Crippen LogP contribution in [0.3, 0.4) is 0 Å². The summed E-state index contributed by atoms with van der Waals surface area (Å²) in [6, 6.07) is 10.1. The number of hydrogen-bond acceptors (Lipinski definition) is 4. The second kappa shape index (κ2) is 5.78. The number of hydrogen-bond donors (Lipinski definition) is 0. The molecule has 5 nitrogen and oxygen atoms in total. The van der Waals surface area contributed by atoms with Gasteiger partial charge in [0.15, 0.2) is 0 Å². The van der Waals surface area contributed by atoms with E-state index in [0.717, 1.165) is 39.8 Å². The number of rotatable bonds is 2. The van der Waals surface area contributed by atoms with Crippen molar-refractivity contribution in [3.63, 3.8) is 0 Å². The Balaban J connectivity index is 1.82. The van der Waals surface area contributed by atoms with E-state index in [1.54, 1.807) is 4.57 Å². The van der Waals surface area contributed by atoms with Gasteiger partial charge in [0.25, 0.3) is 5.56 Å². The summed E-state index contributed by atoms with van der Waals surface area (Å²) in [6.45, 7) is 4.68. The van der Waals surface area contributed by atoms with Gasteiger partial charge in [-0.1, -0.05) is 32.0 Å². The molecule has 5 heteroatoms. The Bertz CT molecular complexity index is 1180. The lowest BCUT2D eigenvalue weighted by molar-refractivity contribution is -0.148. The highest BCUT2D eigenvalue weighted by atomic mass is 16.5. The first-order chi connectivity index (χ1) is 13.1. The molecule has 0 N–H and O–H groups in total. The molecule has 1 unspecified atom stereocenters. The fraction of sp³-hybridized carbons (Fsp3) is 0.318. The third-order valence-corrected chi connectivity index (χ3v) is 5.89. The highest BCUT2D eigenvalue weighted by Crippen LogP contribution is 2.38. The SMILES string of the molecule is CCc1c2c(nc3ccccc13)-c1cc3c(c(=O)n1C2)COC(=O)C3CC. The quantitative estimate of drug-likeness (QED) is 0.513. The third-order valence-electron chi connectivity index (χ3n) is 5.89. The Morgan fingerprint density at radius 1 is 1.19 bits per heavy atom. The molecular weight excluding hydrogens is 340 g/mol. The van der Waals surface area contributed by atoms with Crippen molar-refractivity contribution in [2.75, 3.05) is 0 Å². The lowest BCUT2D eigenvalue weighted by Gasteiger charge is -2.24. The van der Waals surface area contributed by atoms with Crippen molar-refractivity contribution in [1.82, 2.24) is 9.55 Å². The van der Waals surface area contributed by atoms with E-state index in [2.05, 4.69) is 13.0 Å². The first-order valence-corrected chi connectivity index (χ1v) is 9.48. The second-order valence-corrected chi connectivity index (χ2v) is 7.21. The molecule has 1 atom stereocenters. The van der Waals surface area contributed by atoms with E-state index >= 15 is 0 Å². The number of carbonyl (C=O) groups is 1. The van der Waals surface area contributed by atoms with Gasteiger partial charge in [-0.2, -0.15) is 0 Å². The average Bonchev–Trinajstić information content (AvgIpc) is 3.05. The van der Waals surface area contributed by atoms with E-state index in [1.165, 1.54) is 5.56 Å². The van der Waals surface area contributed by atoms with E-state index < -0.39 is 0 Å². The molecule has 136 valence electrons. The number of pyridine rings is 2. The minimum Gasteiger partial charge on any atom is -0.460 e. The van der Waals surface area contributed by atoms with Crippen molar-refractivity contribution in [2.45, 2.75) is 45.8 Å². The van der Waals surface area contributed by atoms with Crippen LogP contribution in [0.25, 0.3) is 22.3 Å². The number of carbonyl (C=O) groups excluding carboxylic acids is 1. The number of cyclic esters (lactones) is 1. The molecule has 0 radical (unpaired) electrons. The van der Waals surface area contributed by atoms with Crippen LogP contribution in [0.5, 0.6) is 0 Å². The molecule has 2 aliphatic heterocycles. The average molecular weight is 360 g/mol. The molecule has 0 aliphatic carbocycles. The smallest absolute Gasteiger partial charge is 0.313 e. The fourth-order valence-electron chi connectivity index (χ4n) is 4.54. The number of benzene rings is 1. The van der Waals surface area contributed by atoms with E-state index in [-0.39, 0.29) is 24.1 Å². The number of ether oxygens (including phenoxy) is 1. The predicted molar refractivity (Wildman–Crippen MR) is 103 cm³/mol. The van der Waals surface area contributed by atoms with Crippen LogP contribution in [0.2, 0.25) is 0 Å². The zero-order chi connectivity index (χ0) is 18.7. The van der Waals surface area contributed by atoms with Gasteiger partial charge in [-0.05, 0) is 36.1 Å². The van der Waals surface area contributed by atoms with Crippen LogP contribution in [0.4, 0.5) is 0 Å². The second-order valence-electron chi connectivity index (χ2n) is 7.21. The molecule has 0 bridgehead atoms. The van der Waals surface area contributed by atoms with Gasteiger partial charge in [0, 0.05) is 10.9 Å². The standard InChI is InChI=1S/C22H20N2O3/c1-3-12-14-7-5-6-8-18(14)23-20-16(12)10-24-19(20)9-15-13(4-2)22(26)27-11-17(15)21(24)25/h5-9,13H,3-4,10-11H2,1-2H3. The molecule has 0 fully saturated rings. The highest BCUT2D eigenvalue weighted by Gasteiger charge is 2.34. The lowest BCUT2D eigenvalue weighted by Crippen LogP contribution is -2.32. The zero-order valence-electron chi connectivity index (χ0n) is 15.4. The van der Waals surface area contributed by atoms with E-state index in [0.29, 0.717) is 18.5 Å². The summed E-state index contributed by atoms with van der Waals surface area (Å²) in [4.78, 5) is 30.2. The first-order valence-electron chi connectivity index (χ1n) is 9.48. The minimum atomic E-state index is -0.373. The fourth-order valence-corrected chi connectivity index (χ4v) is 4.54. The van der Waals surface area contributed by atoms with Crippen LogP contribution in [0.15, 0.2) is 35.1 Å². The van der Waals surface area contributed by atoms with E-state index in [1.807, 2.05) is 31.2 Å². The number of fused-ring (bicyclic) bond motifs is 5. The van der Waals surface area contributed by atoms with Crippen molar-refractivity contribution in [2.24, 2.45) is 0 Å². The summed E-state index contributed by atoms with van der Waals surface area (Å²) < 4.78 is 7.06. The molecule has 0 saturated carbocycles. The summed E-state index contributed by atoms with van der Waals surface area (Å²) in [5.41, 5.74) is 6.37. The Labute approximate surface area is 156 Å². The Morgan fingerprint density at radius 3 is 2.78 bits per heavy atom. The van der Waals surface area contributed by atoms with Gasteiger partial charge < -0.3 is 9.30 Å².